The lowest BCUT2D eigenvalue weighted by Crippen LogP contribution is -2.07. The molecular weight excluding hydrogens is 248 g/mol. The number of hydrogen-bond acceptors (Lipinski definition) is 5. The number of nitrogens with zero attached hydrogens (tertiary/aromatic N) is 4. The third-order valence-electron chi connectivity index (χ3n) is 2.01. The van der Waals surface area contributed by atoms with Crippen LogP contribution in [0.2, 0.25) is 0 Å². The highest BCUT2D eigenvalue weighted by atomic mass is 32.2. The van der Waals surface area contributed by atoms with E-state index in [1.54, 1.807) is 7.05 Å². The maximum Gasteiger partial charge on any atom is 0.211 e. The third-order valence-corrected chi connectivity index (χ3v) is 2.68. The Labute approximate surface area is 111 Å². The first-order valence-corrected chi connectivity index (χ1v) is 6.02. The summed E-state index contributed by atoms with van der Waals surface area (Å²) in [7, 11) is 5.53. The van der Waals surface area contributed by atoms with Gasteiger partial charge in [0.2, 0.25) is 5.17 Å². The molecule has 0 aromatic heterocycles. The Morgan fingerprint density at radius 1 is 1.28 bits per heavy atom. The molecule has 0 spiro atoms. The quantitative estimate of drug-likeness (QED) is 0.488. The topological polar surface area (TPSA) is 90.2 Å². The number of rotatable bonds is 2. The van der Waals surface area contributed by atoms with Gasteiger partial charge in [0, 0.05) is 26.8 Å². The molecule has 0 aliphatic carbocycles. The third kappa shape index (κ3) is 4.54. The van der Waals surface area contributed by atoms with Gasteiger partial charge in [0.05, 0.1) is 5.69 Å². The molecule has 0 fully saturated rings. The Bertz CT molecular complexity index is 463. The van der Waals surface area contributed by atoms with Crippen LogP contribution >= 0.6 is 11.8 Å². The van der Waals surface area contributed by atoms with Crippen molar-refractivity contribution in [3.63, 3.8) is 0 Å². The molecule has 1 aromatic rings. The van der Waals surface area contributed by atoms with Gasteiger partial charge in [-0.3, -0.25) is 10.4 Å². The van der Waals surface area contributed by atoms with Crippen LogP contribution < -0.4 is 10.6 Å². The van der Waals surface area contributed by atoms with Crippen molar-refractivity contribution >= 4 is 33.5 Å². The van der Waals surface area contributed by atoms with Gasteiger partial charge in [-0.1, -0.05) is 0 Å². The van der Waals surface area contributed by atoms with Crippen molar-refractivity contribution in [2.24, 2.45) is 21.0 Å². The number of nitrogens with two attached hydrogens (primary N) is 1. The minimum atomic E-state index is -0.0579. The summed E-state index contributed by atoms with van der Waals surface area (Å²) >= 11 is 0.969. The van der Waals surface area contributed by atoms with Crippen LogP contribution in [0.5, 0.6) is 0 Å². The van der Waals surface area contributed by atoms with Gasteiger partial charge in [0.25, 0.3) is 0 Å². The zero-order chi connectivity index (χ0) is 13.5. The molecule has 96 valence electrons. The number of amidine groups is 2. The number of hydrogen-bond donors (Lipinski definition) is 2. The Balaban J connectivity index is 2.74. The molecule has 0 heterocycles. The monoisotopic (exact) mass is 264 g/mol. The van der Waals surface area contributed by atoms with E-state index in [1.165, 1.54) is 0 Å². The van der Waals surface area contributed by atoms with Crippen LogP contribution in [0, 0.1) is 5.41 Å². The average molecular weight is 264 g/mol. The Hall–Kier alpha value is -1.89. The highest BCUT2D eigenvalue weighted by Crippen LogP contribution is 2.19. The number of anilines is 1. The van der Waals surface area contributed by atoms with E-state index in [9.17, 15) is 0 Å². The standard InChI is InChI=1S/C11H16N6S/c1-14-11(18-10(12)13)16-15-8-4-6-9(7-5-8)17(2)3/h4-7H,1-3H3,(H3,12,13). The van der Waals surface area contributed by atoms with Gasteiger partial charge >= 0.3 is 0 Å². The zero-order valence-electron chi connectivity index (χ0n) is 10.6. The first kappa shape index (κ1) is 14.2. The van der Waals surface area contributed by atoms with E-state index in [1.807, 2.05) is 43.3 Å². The van der Waals surface area contributed by atoms with Gasteiger partial charge < -0.3 is 10.6 Å². The minimum Gasteiger partial charge on any atom is -0.378 e. The molecule has 0 aliphatic rings. The molecular formula is C11H16N6S. The van der Waals surface area contributed by atoms with Crippen LogP contribution in [0.1, 0.15) is 0 Å². The lowest BCUT2D eigenvalue weighted by atomic mass is 10.3. The largest absolute Gasteiger partial charge is 0.378 e. The maximum atomic E-state index is 7.14. The lowest BCUT2D eigenvalue weighted by molar-refractivity contribution is 1.13. The second-order valence-electron chi connectivity index (χ2n) is 3.58. The van der Waals surface area contributed by atoms with Gasteiger partial charge in [-0.2, -0.15) is 0 Å². The molecule has 0 saturated heterocycles. The summed E-state index contributed by atoms with van der Waals surface area (Å²) < 4.78 is 0. The van der Waals surface area contributed by atoms with E-state index in [0.717, 1.165) is 23.1 Å². The summed E-state index contributed by atoms with van der Waals surface area (Å²) in [6, 6.07) is 7.64. The van der Waals surface area contributed by atoms with Crippen molar-refractivity contribution in [2.45, 2.75) is 0 Å². The average Bonchev–Trinajstić information content (AvgIpc) is 2.34. The summed E-state index contributed by atoms with van der Waals surface area (Å²) in [5.41, 5.74) is 7.07. The molecule has 7 heteroatoms. The summed E-state index contributed by atoms with van der Waals surface area (Å²) in [5.74, 6) is 0. The fourth-order valence-corrected chi connectivity index (χ4v) is 1.50. The first-order valence-electron chi connectivity index (χ1n) is 5.20. The van der Waals surface area contributed by atoms with E-state index in [0.29, 0.717) is 5.17 Å². The molecule has 3 N–H and O–H groups in total. The van der Waals surface area contributed by atoms with Crippen LogP contribution in [-0.2, 0) is 0 Å². The fraction of sp³-hybridized carbons (Fsp3) is 0.273. The molecule has 0 atom stereocenters. The predicted molar refractivity (Wildman–Crippen MR) is 78.1 cm³/mol. The Kier molecular flexibility index (Phi) is 5.31. The molecule has 0 aliphatic heterocycles. The summed E-state index contributed by atoms with van der Waals surface area (Å²) in [5, 5.41) is 15.4. The van der Waals surface area contributed by atoms with Crippen molar-refractivity contribution in [3.05, 3.63) is 24.3 Å². The van der Waals surface area contributed by atoms with Crippen LogP contribution in [0.15, 0.2) is 39.5 Å². The number of benzene rings is 1. The molecule has 6 nitrogen and oxygen atoms in total. The Morgan fingerprint density at radius 2 is 1.89 bits per heavy atom. The SMILES string of the molecule is CN=C(N=Nc1ccc(N(C)C)cc1)SC(=N)N. The van der Waals surface area contributed by atoms with Crippen molar-refractivity contribution in [3.8, 4) is 0 Å². The van der Waals surface area contributed by atoms with Crippen LogP contribution in [0.3, 0.4) is 0 Å². The smallest absolute Gasteiger partial charge is 0.211 e. The number of azo groups is 1. The molecule has 1 rings (SSSR count). The highest BCUT2D eigenvalue weighted by Gasteiger charge is 2.00. The molecule has 0 saturated carbocycles. The minimum absolute atomic E-state index is 0.0579. The van der Waals surface area contributed by atoms with Crippen LogP contribution in [-0.4, -0.2) is 31.5 Å². The van der Waals surface area contributed by atoms with Gasteiger partial charge in [-0.05, 0) is 36.0 Å². The Morgan fingerprint density at radius 3 is 2.33 bits per heavy atom. The predicted octanol–water partition coefficient (Wildman–Crippen LogP) is 2.45. The van der Waals surface area contributed by atoms with Gasteiger partial charge in [-0.25, -0.2) is 0 Å². The van der Waals surface area contributed by atoms with E-state index >= 15 is 0 Å². The second-order valence-corrected chi connectivity index (χ2v) is 4.59. The molecule has 0 unspecified atom stereocenters. The molecule has 0 bridgehead atoms. The fourth-order valence-electron chi connectivity index (χ4n) is 1.13. The molecule has 0 amide bonds. The van der Waals surface area contributed by atoms with E-state index in [2.05, 4.69) is 15.2 Å². The second kappa shape index (κ2) is 6.75. The lowest BCUT2D eigenvalue weighted by Gasteiger charge is -2.11. The number of thioether (sulfide) groups is 1. The van der Waals surface area contributed by atoms with Gasteiger partial charge in [-0.15, -0.1) is 10.2 Å². The maximum absolute atomic E-state index is 7.14. The number of nitrogens with one attached hydrogen (secondary N) is 1. The summed E-state index contributed by atoms with van der Waals surface area (Å²) in [6.45, 7) is 0. The van der Waals surface area contributed by atoms with Gasteiger partial charge in [0.1, 0.15) is 0 Å². The summed E-state index contributed by atoms with van der Waals surface area (Å²) in [4.78, 5) is 5.88. The van der Waals surface area contributed by atoms with Crippen molar-refractivity contribution in [1.82, 2.24) is 0 Å². The van der Waals surface area contributed by atoms with Crippen LogP contribution in [0.4, 0.5) is 11.4 Å². The van der Waals surface area contributed by atoms with E-state index in [-0.39, 0.29) is 5.17 Å². The first-order chi connectivity index (χ1) is 8.52. The zero-order valence-corrected chi connectivity index (χ0v) is 11.4. The van der Waals surface area contributed by atoms with Crippen molar-refractivity contribution < 1.29 is 0 Å². The van der Waals surface area contributed by atoms with Crippen molar-refractivity contribution in [1.29, 1.82) is 5.41 Å². The van der Waals surface area contributed by atoms with E-state index in [4.69, 9.17) is 11.1 Å². The van der Waals surface area contributed by atoms with Gasteiger partial charge in [0.15, 0.2) is 5.17 Å². The van der Waals surface area contributed by atoms with Crippen molar-refractivity contribution in [2.75, 3.05) is 26.0 Å². The normalized spacial score (nSPS) is 11.8. The summed E-state index contributed by atoms with van der Waals surface area (Å²) in [6.07, 6.45) is 0. The number of aliphatic imine (C=N–C) groups is 1. The molecule has 0 radical (unpaired) electrons. The highest BCUT2D eigenvalue weighted by molar-refractivity contribution is 8.26. The van der Waals surface area contributed by atoms with E-state index < -0.39 is 0 Å². The molecule has 1 aromatic carbocycles. The molecule has 18 heavy (non-hydrogen) atoms. The van der Waals surface area contributed by atoms with Crippen LogP contribution in [0.25, 0.3) is 0 Å².